The van der Waals surface area contributed by atoms with Gasteiger partial charge >= 0.3 is 11.9 Å². The zero-order chi connectivity index (χ0) is 43.9. The lowest BCUT2D eigenvalue weighted by Gasteiger charge is -2.47. The van der Waals surface area contributed by atoms with Gasteiger partial charge in [-0.3, -0.25) is 14.2 Å². The van der Waals surface area contributed by atoms with Gasteiger partial charge in [0.15, 0.2) is 6.10 Å². The second-order valence-corrected chi connectivity index (χ2v) is 18.5. The van der Waals surface area contributed by atoms with E-state index in [9.17, 15) is 53.8 Å². The normalized spacial score (nSPS) is 22.5. The van der Waals surface area contributed by atoms with Crippen LogP contribution in [0.3, 0.4) is 0 Å². The number of phosphoric ester groups is 2. The number of phosphoric acid groups is 2. The summed E-state index contributed by atoms with van der Waals surface area (Å²) in [6, 6.07) is 0. The van der Waals surface area contributed by atoms with Crippen molar-refractivity contribution < 1.29 is 76.9 Å². The Morgan fingerprint density at radius 1 is 0.492 bits per heavy atom. The molecule has 1 aliphatic carbocycles. The van der Waals surface area contributed by atoms with Crippen LogP contribution in [0.15, 0.2) is 0 Å². The molecule has 0 spiro atoms. The maximum Gasteiger partial charge on any atom is 0.306 e. The molecule has 4 N–H and O–H groups in total. The maximum atomic E-state index is 12.8. The quantitative estimate of drug-likeness (QED) is 0.0317. The Morgan fingerprint density at radius 3 is 1.17 bits per heavy atom. The van der Waals surface area contributed by atoms with Gasteiger partial charge in [0, 0.05) is 12.8 Å². The first-order valence-electron chi connectivity index (χ1n) is 22.5. The molecular weight excluding hydrogens is 810 g/mol. The van der Waals surface area contributed by atoms with E-state index in [-0.39, 0.29) is 12.8 Å². The molecule has 1 fully saturated rings. The molecule has 1 rings (SSSR count). The second kappa shape index (κ2) is 33.5. The fourth-order valence-electron chi connectivity index (χ4n) is 7.13. The van der Waals surface area contributed by atoms with Crippen LogP contribution in [0.5, 0.6) is 0 Å². The van der Waals surface area contributed by atoms with Crippen LogP contribution in [0, 0.1) is 0 Å². The van der Waals surface area contributed by atoms with E-state index in [4.69, 9.17) is 18.5 Å². The summed E-state index contributed by atoms with van der Waals surface area (Å²) >= 11 is 0. The molecule has 1 saturated carbocycles. The third-order valence-electron chi connectivity index (χ3n) is 10.7. The lowest BCUT2D eigenvalue weighted by Crippen LogP contribution is -2.65. The summed E-state index contributed by atoms with van der Waals surface area (Å²) in [5, 5.41) is 41.1. The molecule has 0 radical (unpaired) electrons. The van der Waals surface area contributed by atoms with Crippen LogP contribution in [0.1, 0.15) is 194 Å². The summed E-state index contributed by atoms with van der Waals surface area (Å²) in [5.41, 5.74) is 0. The molecular formula is C41H77O16P2-3. The fourth-order valence-corrected chi connectivity index (χ4v) is 8.63. The van der Waals surface area contributed by atoms with Crippen LogP contribution in [-0.4, -0.2) is 88.3 Å². The smallest absolute Gasteiger partial charge is 0.306 e. The molecule has 0 saturated heterocycles. The number of rotatable bonds is 38. The number of hydrogen-bond donors (Lipinski definition) is 4. The van der Waals surface area contributed by atoms with E-state index in [0.717, 1.165) is 51.4 Å². The molecule has 0 aromatic rings. The molecule has 3 unspecified atom stereocenters. The van der Waals surface area contributed by atoms with Gasteiger partial charge in [0.05, 0.1) is 14.4 Å². The van der Waals surface area contributed by atoms with E-state index in [0.29, 0.717) is 12.8 Å². The van der Waals surface area contributed by atoms with E-state index in [1.807, 2.05) is 0 Å². The highest BCUT2D eigenvalue weighted by Crippen LogP contribution is 2.44. The molecule has 8 atom stereocenters. The number of ether oxygens (including phenoxy) is 2. The topological polar surface area (TPSA) is 265 Å². The van der Waals surface area contributed by atoms with Gasteiger partial charge in [0.1, 0.15) is 43.2 Å². The highest BCUT2D eigenvalue weighted by molar-refractivity contribution is 7.45. The van der Waals surface area contributed by atoms with E-state index in [1.54, 1.807) is 0 Å². The maximum absolute atomic E-state index is 12.8. The number of carbonyl (C=O) groups excluding carboxylic acids is 2. The van der Waals surface area contributed by atoms with Crippen LogP contribution in [0.4, 0.5) is 0 Å². The van der Waals surface area contributed by atoms with Crippen molar-refractivity contribution in [1.82, 2.24) is 0 Å². The Labute approximate surface area is 353 Å². The molecule has 1 aliphatic rings. The van der Waals surface area contributed by atoms with Gasteiger partial charge in [-0.1, -0.05) is 168 Å². The van der Waals surface area contributed by atoms with Crippen LogP contribution in [-0.2, 0) is 41.8 Å². The van der Waals surface area contributed by atoms with Gasteiger partial charge in [0.2, 0.25) is 0 Å². The second-order valence-electron chi connectivity index (χ2n) is 16.1. The van der Waals surface area contributed by atoms with Gasteiger partial charge in [-0.05, 0) is 12.8 Å². The highest BCUT2D eigenvalue weighted by Gasteiger charge is 2.51. The number of esters is 2. The first kappa shape index (κ1) is 56.0. The molecule has 0 aromatic carbocycles. The van der Waals surface area contributed by atoms with Gasteiger partial charge in [-0.15, -0.1) is 0 Å². The van der Waals surface area contributed by atoms with Crippen LogP contribution in [0.2, 0.25) is 0 Å². The van der Waals surface area contributed by atoms with Gasteiger partial charge in [0.25, 0.3) is 7.82 Å². The first-order chi connectivity index (χ1) is 28.1. The fraction of sp³-hybridized carbons (Fsp3) is 0.951. The Bertz CT molecular complexity index is 1160. The number of aliphatic hydroxyl groups excluding tert-OH is 4. The van der Waals surface area contributed by atoms with E-state index in [1.165, 1.54) is 103 Å². The van der Waals surface area contributed by atoms with E-state index < -0.39 is 83.5 Å². The zero-order valence-electron chi connectivity index (χ0n) is 35.8. The molecule has 0 bridgehead atoms. The summed E-state index contributed by atoms with van der Waals surface area (Å²) in [6.45, 7) is 3.00. The van der Waals surface area contributed by atoms with Crippen LogP contribution in [0.25, 0.3) is 0 Å². The van der Waals surface area contributed by atoms with Crippen molar-refractivity contribution in [3.05, 3.63) is 0 Å². The summed E-state index contributed by atoms with van der Waals surface area (Å²) in [5.74, 6) is -1.23. The van der Waals surface area contributed by atoms with Crippen molar-refractivity contribution in [1.29, 1.82) is 0 Å². The Kier molecular flexibility index (Phi) is 31.8. The monoisotopic (exact) mass is 887 g/mol. The van der Waals surface area contributed by atoms with E-state index >= 15 is 0 Å². The molecule has 16 nitrogen and oxygen atoms in total. The third kappa shape index (κ3) is 28.3. The molecule has 18 heteroatoms. The molecule has 350 valence electrons. The SMILES string of the molecule is CCCCCCCCCCCCCCCC(=O)OC[C@@H](COP(=O)([O-])OC1[C@H](O)[C@H](O)C(OP(=O)([O-])[O-])[C@H](O)[C@H]1O)OC(=O)CCCCCCCCCCCCCCC. The average molecular weight is 888 g/mol. The number of unbranched alkanes of at least 4 members (excludes halogenated alkanes) is 24. The largest absolute Gasteiger partial charge is 0.790 e. The Hall–Kier alpha value is -1.00. The van der Waals surface area contributed by atoms with Gasteiger partial charge in [-0.25, -0.2) is 0 Å². The number of aliphatic hydroxyl groups is 4. The van der Waals surface area contributed by atoms with Crippen molar-refractivity contribution in [2.45, 2.75) is 236 Å². The van der Waals surface area contributed by atoms with Crippen molar-refractivity contribution in [3.63, 3.8) is 0 Å². The zero-order valence-corrected chi connectivity index (χ0v) is 37.6. The lowest BCUT2D eigenvalue weighted by molar-refractivity contribution is -0.353. The van der Waals surface area contributed by atoms with Crippen LogP contribution >= 0.6 is 15.6 Å². The summed E-state index contributed by atoms with van der Waals surface area (Å²) in [7, 11) is -11.3. The minimum atomic E-state index is -5.81. The highest BCUT2D eigenvalue weighted by atomic mass is 31.2. The standard InChI is InChI=1S/C41H80O16P2/c1-3-5-7-9-11-13-15-17-19-21-23-25-27-29-34(42)53-31-33(55-35(43)30-28-26-24-22-20-18-16-14-12-10-8-6-4-2)32-54-59(51,52)57-41-38(46)36(44)40(37(45)39(41)47)56-58(48,49)50/h33,36-41,44-47H,3-32H2,1-2H3,(H,51,52)(H2,48,49,50)/p-3/t33-,36-,37+,38+,39+,40?,41?/m0/s1. The molecule has 0 heterocycles. The Balaban J connectivity index is 2.59. The number of hydrogen-bond acceptors (Lipinski definition) is 16. The number of carbonyl (C=O) groups is 2. The van der Waals surface area contributed by atoms with Crippen molar-refractivity contribution in [2.75, 3.05) is 13.2 Å². The summed E-state index contributed by atoms with van der Waals surface area (Å²) in [6.07, 6.45) is 14.1. The van der Waals surface area contributed by atoms with Crippen molar-refractivity contribution in [2.24, 2.45) is 0 Å². The predicted molar refractivity (Wildman–Crippen MR) is 216 cm³/mol. The molecule has 0 aromatic heterocycles. The minimum absolute atomic E-state index is 0.0336. The van der Waals surface area contributed by atoms with Crippen molar-refractivity contribution in [3.8, 4) is 0 Å². The summed E-state index contributed by atoms with van der Waals surface area (Å²) in [4.78, 5) is 60.1. The summed E-state index contributed by atoms with van der Waals surface area (Å²) < 4.78 is 48.1. The molecule has 59 heavy (non-hydrogen) atoms. The minimum Gasteiger partial charge on any atom is -0.790 e. The van der Waals surface area contributed by atoms with E-state index in [2.05, 4.69) is 18.4 Å². The Morgan fingerprint density at radius 2 is 0.814 bits per heavy atom. The van der Waals surface area contributed by atoms with Crippen LogP contribution < -0.4 is 14.7 Å². The first-order valence-corrected chi connectivity index (χ1v) is 25.5. The van der Waals surface area contributed by atoms with Gasteiger partial charge in [-0.2, -0.15) is 0 Å². The lowest BCUT2D eigenvalue weighted by atomic mass is 9.85. The average Bonchev–Trinajstić information content (AvgIpc) is 3.18. The third-order valence-corrected chi connectivity index (χ3v) is 12.1. The predicted octanol–water partition coefficient (Wildman–Crippen LogP) is 5.95. The van der Waals surface area contributed by atoms with Gasteiger partial charge < -0.3 is 62.7 Å². The van der Waals surface area contributed by atoms with Crippen molar-refractivity contribution >= 4 is 27.6 Å². The molecule has 0 aliphatic heterocycles. The molecule has 0 amide bonds.